The van der Waals surface area contributed by atoms with Crippen molar-refractivity contribution in [3.63, 3.8) is 0 Å². The molecular formula is C17H23N3. The Morgan fingerprint density at radius 3 is 3.05 bits per heavy atom. The maximum atomic E-state index is 4.27. The Labute approximate surface area is 121 Å². The third-order valence-electron chi connectivity index (χ3n) is 4.37. The molecule has 1 fully saturated rings. The molecule has 1 aromatic heterocycles. The Kier molecular flexibility index (Phi) is 4.05. The van der Waals surface area contributed by atoms with Crippen molar-refractivity contribution in [2.75, 3.05) is 5.32 Å². The highest BCUT2D eigenvalue weighted by molar-refractivity contribution is 5.47. The molecule has 0 spiro atoms. The quantitative estimate of drug-likeness (QED) is 0.891. The largest absolute Gasteiger partial charge is 0.382 e. The van der Waals surface area contributed by atoms with Gasteiger partial charge in [0.1, 0.15) is 0 Å². The first kappa shape index (κ1) is 13.2. The highest BCUT2D eigenvalue weighted by Crippen LogP contribution is 2.30. The second-order valence-electron chi connectivity index (χ2n) is 5.75. The molecule has 1 saturated carbocycles. The normalized spacial score (nSPS) is 22.1. The first-order chi connectivity index (χ1) is 9.85. The Hall–Kier alpha value is -1.77. The number of hydrogen-bond donors (Lipinski definition) is 1. The molecule has 3 heteroatoms. The fourth-order valence-electron chi connectivity index (χ4n) is 3.27. The second-order valence-corrected chi connectivity index (χ2v) is 5.75. The van der Waals surface area contributed by atoms with Gasteiger partial charge in [-0.2, -0.15) is 5.10 Å². The number of benzene rings is 1. The summed E-state index contributed by atoms with van der Waals surface area (Å²) in [5, 5.41) is 8.00. The molecule has 0 bridgehead atoms. The molecule has 2 unspecified atom stereocenters. The SMILES string of the molecule is CCC1CCCC1Nc1cccc(Cn2cccn2)c1. The third-order valence-corrected chi connectivity index (χ3v) is 4.37. The summed E-state index contributed by atoms with van der Waals surface area (Å²) in [6.07, 6.45) is 9.16. The van der Waals surface area contributed by atoms with E-state index in [-0.39, 0.29) is 0 Å². The van der Waals surface area contributed by atoms with Crippen LogP contribution in [0.1, 0.15) is 38.2 Å². The van der Waals surface area contributed by atoms with Gasteiger partial charge in [0, 0.05) is 24.1 Å². The maximum Gasteiger partial charge on any atom is 0.0660 e. The number of anilines is 1. The summed E-state index contributed by atoms with van der Waals surface area (Å²) in [6, 6.07) is 11.4. The lowest BCUT2D eigenvalue weighted by Gasteiger charge is -2.21. The van der Waals surface area contributed by atoms with Crippen molar-refractivity contribution >= 4 is 5.69 Å². The van der Waals surface area contributed by atoms with E-state index in [0.29, 0.717) is 6.04 Å². The van der Waals surface area contributed by atoms with Gasteiger partial charge in [0.25, 0.3) is 0 Å². The summed E-state index contributed by atoms with van der Waals surface area (Å²) in [4.78, 5) is 0. The first-order valence-electron chi connectivity index (χ1n) is 7.68. The van der Waals surface area contributed by atoms with Crippen LogP contribution in [0.4, 0.5) is 5.69 Å². The van der Waals surface area contributed by atoms with E-state index in [1.807, 2.05) is 23.1 Å². The van der Waals surface area contributed by atoms with Gasteiger partial charge in [0.2, 0.25) is 0 Å². The third kappa shape index (κ3) is 3.03. The van der Waals surface area contributed by atoms with Crippen molar-refractivity contribution in [3.05, 3.63) is 48.3 Å². The van der Waals surface area contributed by atoms with Crippen molar-refractivity contribution in [2.24, 2.45) is 5.92 Å². The van der Waals surface area contributed by atoms with E-state index in [1.165, 1.54) is 36.9 Å². The van der Waals surface area contributed by atoms with E-state index in [1.54, 1.807) is 0 Å². The minimum absolute atomic E-state index is 0.653. The molecular weight excluding hydrogens is 246 g/mol. The zero-order valence-corrected chi connectivity index (χ0v) is 12.1. The zero-order chi connectivity index (χ0) is 13.8. The molecule has 0 radical (unpaired) electrons. The van der Waals surface area contributed by atoms with Crippen LogP contribution in [0.3, 0.4) is 0 Å². The number of nitrogens with one attached hydrogen (secondary N) is 1. The standard InChI is InChI=1S/C17H23N3/c1-2-15-7-4-9-17(15)19-16-8-3-6-14(12-16)13-20-11-5-10-18-20/h3,5-6,8,10-12,15,17,19H,2,4,7,9,13H2,1H3. The van der Waals surface area contributed by atoms with E-state index in [2.05, 4.69) is 41.6 Å². The first-order valence-corrected chi connectivity index (χ1v) is 7.68. The average Bonchev–Trinajstić information content (AvgIpc) is 3.10. The lowest BCUT2D eigenvalue weighted by Crippen LogP contribution is -2.23. The lowest BCUT2D eigenvalue weighted by molar-refractivity contribution is 0.489. The summed E-state index contributed by atoms with van der Waals surface area (Å²) in [7, 11) is 0. The Morgan fingerprint density at radius 2 is 2.25 bits per heavy atom. The fraction of sp³-hybridized carbons (Fsp3) is 0.471. The van der Waals surface area contributed by atoms with Crippen LogP contribution in [0, 0.1) is 5.92 Å². The van der Waals surface area contributed by atoms with Crippen molar-refractivity contribution < 1.29 is 0 Å². The Bertz CT molecular complexity index is 533. The predicted molar refractivity (Wildman–Crippen MR) is 82.8 cm³/mol. The van der Waals surface area contributed by atoms with Gasteiger partial charge in [0.15, 0.2) is 0 Å². The molecule has 106 valence electrons. The van der Waals surface area contributed by atoms with Crippen molar-refractivity contribution in [2.45, 2.75) is 45.2 Å². The van der Waals surface area contributed by atoms with Gasteiger partial charge in [-0.05, 0) is 42.5 Å². The van der Waals surface area contributed by atoms with E-state index in [9.17, 15) is 0 Å². The van der Waals surface area contributed by atoms with E-state index < -0.39 is 0 Å². The van der Waals surface area contributed by atoms with Crippen molar-refractivity contribution in [1.82, 2.24) is 9.78 Å². The van der Waals surface area contributed by atoms with Crippen LogP contribution in [0.2, 0.25) is 0 Å². The topological polar surface area (TPSA) is 29.9 Å². The molecule has 0 aliphatic heterocycles. The minimum atomic E-state index is 0.653. The van der Waals surface area contributed by atoms with Gasteiger partial charge in [-0.15, -0.1) is 0 Å². The van der Waals surface area contributed by atoms with Crippen LogP contribution < -0.4 is 5.32 Å². The van der Waals surface area contributed by atoms with E-state index >= 15 is 0 Å². The number of rotatable bonds is 5. The molecule has 2 atom stereocenters. The molecule has 1 heterocycles. The number of aromatic nitrogens is 2. The van der Waals surface area contributed by atoms with Gasteiger partial charge in [-0.3, -0.25) is 4.68 Å². The smallest absolute Gasteiger partial charge is 0.0660 e. The van der Waals surface area contributed by atoms with Gasteiger partial charge in [-0.1, -0.05) is 31.9 Å². The number of hydrogen-bond acceptors (Lipinski definition) is 2. The summed E-state index contributed by atoms with van der Waals surface area (Å²) < 4.78 is 1.96. The second kappa shape index (κ2) is 6.12. The molecule has 1 aliphatic carbocycles. The van der Waals surface area contributed by atoms with E-state index in [0.717, 1.165) is 12.5 Å². The minimum Gasteiger partial charge on any atom is -0.382 e. The lowest BCUT2D eigenvalue weighted by atomic mass is 10.0. The maximum absolute atomic E-state index is 4.27. The van der Waals surface area contributed by atoms with Crippen LogP contribution >= 0.6 is 0 Å². The number of nitrogens with zero attached hydrogens (tertiary/aromatic N) is 2. The van der Waals surface area contributed by atoms with Gasteiger partial charge in [-0.25, -0.2) is 0 Å². The average molecular weight is 269 g/mol. The van der Waals surface area contributed by atoms with Crippen LogP contribution in [0.25, 0.3) is 0 Å². The zero-order valence-electron chi connectivity index (χ0n) is 12.1. The fourth-order valence-corrected chi connectivity index (χ4v) is 3.27. The van der Waals surface area contributed by atoms with Crippen LogP contribution in [-0.2, 0) is 6.54 Å². The highest BCUT2D eigenvalue weighted by atomic mass is 15.3. The van der Waals surface area contributed by atoms with E-state index in [4.69, 9.17) is 0 Å². The molecule has 0 amide bonds. The van der Waals surface area contributed by atoms with Gasteiger partial charge < -0.3 is 5.32 Å². The monoisotopic (exact) mass is 269 g/mol. The van der Waals surface area contributed by atoms with Crippen molar-refractivity contribution in [1.29, 1.82) is 0 Å². The van der Waals surface area contributed by atoms with Gasteiger partial charge in [0.05, 0.1) is 6.54 Å². The van der Waals surface area contributed by atoms with Crippen LogP contribution in [-0.4, -0.2) is 15.8 Å². The predicted octanol–water partition coefficient (Wildman–Crippen LogP) is 3.92. The summed E-state index contributed by atoms with van der Waals surface area (Å²) in [6.45, 7) is 3.14. The molecule has 1 aliphatic rings. The molecule has 2 aromatic rings. The molecule has 1 N–H and O–H groups in total. The summed E-state index contributed by atoms with van der Waals surface area (Å²) >= 11 is 0. The summed E-state index contributed by atoms with van der Waals surface area (Å²) in [5.74, 6) is 0.838. The Morgan fingerprint density at radius 1 is 1.30 bits per heavy atom. The molecule has 1 aromatic carbocycles. The van der Waals surface area contributed by atoms with Gasteiger partial charge >= 0.3 is 0 Å². The van der Waals surface area contributed by atoms with Crippen LogP contribution in [0.15, 0.2) is 42.7 Å². The molecule has 3 nitrogen and oxygen atoms in total. The van der Waals surface area contributed by atoms with Crippen molar-refractivity contribution in [3.8, 4) is 0 Å². The molecule has 3 rings (SSSR count). The summed E-state index contributed by atoms with van der Waals surface area (Å²) in [5.41, 5.74) is 2.55. The molecule has 0 saturated heterocycles. The molecule has 20 heavy (non-hydrogen) atoms. The van der Waals surface area contributed by atoms with Crippen LogP contribution in [0.5, 0.6) is 0 Å². The highest BCUT2D eigenvalue weighted by Gasteiger charge is 2.25. The Balaban J connectivity index is 1.68.